The average molecular weight is 688 g/mol. The molecule has 1 aliphatic heterocycles. The summed E-state index contributed by atoms with van der Waals surface area (Å²) in [5, 5.41) is 10.9. The zero-order valence-electron chi connectivity index (χ0n) is 29.7. The van der Waals surface area contributed by atoms with Gasteiger partial charge in [0.15, 0.2) is 0 Å². The van der Waals surface area contributed by atoms with Crippen LogP contribution in [0.1, 0.15) is 82.9 Å². The van der Waals surface area contributed by atoms with E-state index < -0.39 is 64.9 Å². The second-order valence-corrected chi connectivity index (χ2v) is 14.7. The first-order valence-electron chi connectivity index (χ1n) is 17.1. The number of hydrogen-bond donors (Lipinski definition) is 4. The molecule has 13 heteroatoms. The lowest BCUT2D eigenvalue weighted by Crippen LogP contribution is -2.61. The Bertz CT molecular complexity index is 1590. The molecule has 50 heavy (non-hydrogen) atoms. The molecule has 2 aliphatic rings. The van der Waals surface area contributed by atoms with Crippen LogP contribution in [-0.2, 0) is 24.0 Å². The van der Waals surface area contributed by atoms with Gasteiger partial charge in [0.05, 0.1) is 12.2 Å². The van der Waals surface area contributed by atoms with E-state index in [1.165, 1.54) is 29.6 Å². The van der Waals surface area contributed by atoms with Gasteiger partial charge in [0, 0.05) is 25.5 Å². The molecule has 1 saturated heterocycles. The van der Waals surface area contributed by atoms with Crippen molar-refractivity contribution < 1.29 is 28.8 Å². The van der Waals surface area contributed by atoms with Gasteiger partial charge in [-0.05, 0) is 34.7 Å². The van der Waals surface area contributed by atoms with Crippen molar-refractivity contribution in [2.45, 2.75) is 85.0 Å². The number of carbonyl (C=O) groups excluding carboxylic acids is 6. The SMILES string of the molecule is C=CCNC(=O)C(=O)C(CCCC)NC(=O)[C@@H]1[C@@H]2[C@H](CN1C(=O)[C@@H](NC(=O)[C@@H](NC(=O)c1cnccn1)c1ccccc1)C(C)(C)C)C2(C)C. The number of hydrogen-bond acceptors (Lipinski definition) is 8. The van der Waals surface area contributed by atoms with Crippen molar-refractivity contribution in [3.63, 3.8) is 0 Å². The summed E-state index contributed by atoms with van der Waals surface area (Å²) in [4.78, 5) is 90.9. The maximum absolute atomic E-state index is 14.5. The van der Waals surface area contributed by atoms with Crippen LogP contribution in [0.2, 0.25) is 0 Å². The summed E-state index contributed by atoms with van der Waals surface area (Å²) in [7, 11) is 0. The first-order valence-corrected chi connectivity index (χ1v) is 17.1. The van der Waals surface area contributed by atoms with Gasteiger partial charge in [-0.1, -0.05) is 90.8 Å². The van der Waals surface area contributed by atoms with E-state index in [0.717, 1.165) is 6.42 Å². The van der Waals surface area contributed by atoms with Crippen LogP contribution in [-0.4, -0.2) is 81.4 Å². The second-order valence-electron chi connectivity index (χ2n) is 14.7. The Labute approximate surface area is 293 Å². The van der Waals surface area contributed by atoms with E-state index in [1.54, 1.807) is 30.3 Å². The monoisotopic (exact) mass is 687 g/mol. The molecule has 1 saturated carbocycles. The van der Waals surface area contributed by atoms with Crippen LogP contribution in [0.15, 0.2) is 61.6 Å². The van der Waals surface area contributed by atoms with Gasteiger partial charge in [-0.3, -0.25) is 33.8 Å². The van der Waals surface area contributed by atoms with Crippen molar-refractivity contribution in [2.75, 3.05) is 13.1 Å². The number of nitrogens with zero attached hydrogens (tertiary/aromatic N) is 3. The predicted octanol–water partition coefficient (Wildman–Crippen LogP) is 2.51. The van der Waals surface area contributed by atoms with Crippen molar-refractivity contribution >= 4 is 35.3 Å². The van der Waals surface area contributed by atoms with Crippen LogP contribution < -0.4 is 21.3 Å². The van der Waals surface area contributed by atoms with Crippen molar-refractivity contribution in [1.82, 2.24) is 36.1 Å². The molecule has 5 amide bonds. The topological polar surface area (TPSA) is 180 Å². The van der Waals surface area contributed by atoms with Gasteiger partial charge < -0.3 is 26.2 Å². The number of nitrogens with one attached hydrogen (secondary N) is 4. The maximum atomic E-state index is 14.5. The van der Waals surface area contributed by atoms with Crippen molar-refractivity contribution in [3.05, 3.63) is 72.8 Å². The van der Waals surface area contributed by atoms with Crippen LogP contribution in [0.5, 0.6) is 0 Å². The molecule has 6 atom stereocenters. The number of ketones is 1. The summed E-state index contributed by atoms with van der Waals surface area (Å²) >= 11 is 0. The first-order chi connectivity index (χ1) is 23.6. The third-order valence-corrected chi connectivity index (χ3v) is 9.74. The minimum Gasteiger partial charge on any atom is -0.346 e. The molecule has 2 heterocycles. The summed E-state index contributed by atoms with van der Waals surface area (Å²) in [5.41, 5.74) is -0.531. The Morgan fingerprint density at radius 1 is 1.04 bits per heavy atom. The highest BCUT2D eigenvalue weighted by Crippen LogP contribution is 2.65. The van der Waals surface area contributed by atoms with E-state index >= 15 is 0 Å². The standard InChI is InChI=1S/C37H49N7O6/c1-8-10-16-24(29(45)34(49)40-17-9-2)41-33(48)28-26-23(37(26,6)7)21-44(28)35(50)30(36(3,4)5)43-32(47)27(22-14-12-11-13-15-22)42-31(46)25-20-38-18-19-39-25/h9,11-15,18-20,23-24,26-28,30H,2,8,10,16-17,21H2,1,3-7H3,(H,40,49)(H,41,48)(H,42,46)(H,43,47)/t23-,24?,26-,27-,28-,30+/m0/s1. The van der Waals surface area contributed by atoms with Crippen LogP contribution in [0.3, 0.4) is 0 Å². The molecule has 0 radical (unpaired) electrons. The largest absolute Gasteiger partial charge is 0.346 e. The summed E-state index contributed by atoms with van der Waals surface area (Å²) in [6, 6.07) is 4.40. The Morgan fingerprint density at radius 2 is 1.74 bits per heavy atom. The Kier molecular flexibility index (Phi) is 11.9. The molecule has 268 valence electrons. The molecule has 1 aliphatic carbocycles. The number of piperidine rings is 1. The Balaban J connectivity index is 1.60. The summed E-state index contributed by atoms with van der Waals surface area (Å²) in [5.74, 6) is -3.93. The lowest BCUT2D eigenvalue weighted by molar-refractivity contribution is -0.146. The summed E-state index contributed by atoms with van der Waals surface area (Å²) < 4.78 is 0. The quantitative estimate of drug-likeness (QED) is 0.163. The molecule has 2 aromatic rings. The van der Waals surface area contributed by atoms with Gasteiger partial charge in [-0.25, -0.2) is 4.98 Å². The first kappa shape index (κ1) is 37.9. The smallest absolute Gasteiger partial charge is 0.289 e. The number of benzene rings is 1. The zero-order valence-corrected chi connectivity index (χ0v) is 29.7. The van der Waals surface area contributed by atoms with Gasteiger partial charge >= 0.3 is 0 Å². The minimum atomic E-state index is -1.18. The normalized spacial score (nSPS) is 20.7. The average Bonchev–Trinajstić information content (AvgIpc) is 3.39. The van der Waals surface area contributed by atoms with E-state index in [4.69, 9.17) is 0 Å². The number of Topliss-reactive ketones (excluding diaryl/α,β-unsaturated/α-hetero) is 1. The lowest BCUT2D eigenvalue weighted by atomic mass is 9.84. The summed E-state index contributed by atoms with van der Waals surface area (Å²) in [6.07, 6.45) is 7.16. The number of unbranched alkanes of at least 4 members (excludes halogenated alkanes) is 1. The molecule has 1 unspecified atom stereocenters. The van der Waals surface area contributed by atoms with E-state index in [-0.39, 0.29) is 42.5 Å². The fourth-order valence-corrected chi connectivity index (χ4v) is 6.76. The molecular weight excluding hydrogens is 638 g/mol. The number of carbonyl (C=O) groups is 6. The third kappa shape index (κ3) is 8.43. The van der Waals surface area contributed by atoms with Crippen LogP contribution in [0.25, 0.3) is 0 Å². The predicted molar refractivity (Wildman–Crippen MR) is 186 cm³/mol. The fraction of sp³-hybridized carbons (Fsp3) is 0.514. The Hall–Kier alpha value is -4.94. The number of aromatic nitrogens is 2. The van der Waals surface area contributed by atoms with Crippen LogP contribution in [0.4, 0.5) is 0 Å². The van der Waals surface area contributed by atoms with Gasteiger partial charge in [-0.2, -0.15) is 0 Å². The van der Waals surface area contributed by atoms with Gasteiger partial charge in [0.2, 0.25) is 23.5 Å². The fourth-order valence-electron chi connectivity index (χ4n) is 6.76. The molecular formula is C37H49N7O6. The van der Waals surface area contributed by atoms with Crippen molar-refractivity contribution in [1.29, 1.82) is 0 Å². The van der Waals surface area contributed by atoms with E-state index in [9.17, 15) is 28.8 Å². The molecule has 4 rings (SSSR count). The van der Waals surface area contributed by atoms with E-state index in [2.05, 4.69) is 37.8 Å². The van der Waals surface area contributed by atoms with E-state index in [1.807, 2.05) is 41.5 Å². The number of fused-ring (bicyclic) bond motifs is 1. The van der Waals surface area contributed by atoms with Gasteiger partial charge in [0.25, 0.3) is 11.8 Å². The minimum absolute atomic E-state index is 0.0198. The second kappa shape index (κ2) is 15.7. The van der Waals surface area contributed by atoms with Gasteiger partial charge in [0.1, 0.15) is 23.8 Å². The maximum Gasteiger partial charge on any atom is 0.289 e. The molecule has 13 nitrogen and oxygen atoms in total. The van der Waals surface area contributed by atoms with Crippen molar-refractivity contribution in [2.24, 2.45) is 22.7 Å². The van der Waals surface area contributed by atoms with Crippen molar-refractivity contribution in [3.8, 4) is 0 Å². The number of amides is 5. The highest BCUT2D eigenvalue weighted by atomic mass is 16.2. The van der Waals surface area contributed by atoms with Crippen LogP contribution >= 0.6 is 0 Å². The summed E-state index contributed by atoms with van der Waals surface area (Å²) in [6.45, 7) is 15.4. The molecule has 0 spiro atoms. The lowest BCUT2D eigenvalue weighted by Gasteiger charge is -2.38. The number of likely N-dealkylation sites (tertiary alicyclic amines) is 1. The van der Waals surface area contributed by atoms with Crippen LogP contribution in [0, 0.1) is 22.7 Å². The van der Waals surface area contributed by atoms with Gasteiger partial charge in [-0.15, -0.1) is 6.58 Å². The molecule has 0 bridgehead atoms. The third-order valence-electron chi connectivity index (χ3n) is 9.74. The number of rotatable bonds is 15. The zero-order chi connectivity index (χ0) is 36.8. The molecule has 1 aromatic heterocycles. The van der Waals surface area contributed by atoms with E-state index in [0.29, 0.717) is 12.0 Å². The Morgan fingerprint density at radius 3 is 2.34 bits per heavy atom. The highest BCUT2D eigenvalue weighted by molar-refractivity contribution is 6.38. The molecule has 1 aromatic carbocycles. The highest BCUT2D eigenvalue weighted by Gasteiger charge is 2.70. The molecule has 4 N–H and O–H groups in total. The molecule has 2 fully saturated rings.